The highest BCUT2D eigenvalue weighted by molar-refractivity contribution is 14.1. The van der Waals surface area contributed by atoms with Gasteiger partial charge in [0.25, 0.3) is 5.91 Å². The normalized spacial score (nSPS) is 10.3. The van der Waals surface area contributed by atoms with Gasteiger partial charge in [-0.25, -0.2) is 0 Å². The zero-order chi connectivity index (χ0) is 16.2. The second kappa shape index (κ2) is 6.96. The van der Waals surface area contributed by atoms with Gasteiger partial charge in [-0.15, -0.1) is 0 Å². The summed E-state index contributed by atoms with van der Waals surface area (Å²) in [7, 11) is 0. The Morgan fingerprint density at radius 3 is 2.35 bits per heavy atom. The molecule has 0 aromatic heterocycles. The number of nitrogens with one attached hydrogen (secondary N) is 1. The fraction of sp³-hybridized carbons (Fsp3) is 0.0500. The van der Waals surface area contributed by atoms with Gasteiger partial charge in [0.05, 0.1) is 5.56 Å². The quantitative estimate of drug-likeness (QED) is 0.563. The Hall–Kier alpha value is -2.14. The number of para-hydroxylation sites is 1. The van der Waals surface area contributed by atoms with Crippen LogP contribution in [-0.4, -0.2) is 5.91 Å². The van der Waals surface area contributed by atoms with Crippen molar-refractivity contribution >= 4 is 34.2 Å². The van der Waals surface area contributed by atoms with Crippen molar-refractivity contribution < 1.29 is 4.79 Å². The molecule has 23 heavy (non-hydrogen) atoms. The molecule has 0 bridgehead atoms. The summed E-state index contributed by atoms with van der Waals surface area (Å²) in [6.45, 7) is 2.02. The highest BCUT2D eigenvalue weighted by Crippen LogP contribution is 2.28. The number of aryl methyl sites for hydroxylation is 1. The van der Waals surface area contributed by atoms with Crippen LogP contribution in [0.2, 0.25) is 0 Å². The van der Waals surface area contributed by atoms with Gasteiger partial charge in [-0.3, -0.25) is 4.79 Å². The first-order valence-corrected chi connectivity index (χ1v) is 8.45. The van der Waals surface area contributed by atoms with Crippen LogP contribution in [0.1, 0.15) is 15.9 Å². The number of benzene rings is 3. The molecule has 0 radical (unpaired) electrons. The monoisotopic (exact) mass is 413 g/mol. The van der Waals surface area contributed by atoms with Gasteiger partial charge in [0, 0.05) is 14.8 Å². The first-order valence-electron chi connectivity index (χ1n) is 7.37. The van der Waals surface area contributed by atoms with Gasteiger partial charge >= 0.3 is 0 Å². The van der Waals surface area contributed by atoms with Crippen molar-refractivity contribution in [2.75, 3.05) is 5.32 Å². The van der Waals surface area contributed by atoms with Gasteiger partial charge in [-0.05, 0) is 53.3 Å². The second-order valence-electron chi connectivity index (χ2n) is 5.35. The van der Waals surface area contributed by atoms with Gasteiger partial charge in [0.2, 0.25) is 0 Å². The van der Waals surface area contributed by atoms with Crippen LogP contribution in [0.4, 0.5) is 5.69 Å². The Kier molecular flexibility index (Phi) is 4.76. The summed E-state index contributed by atoms with van der Waals surface area (Å²) in [5.74, 6) is -0.0854. The van der Waals surface area contributed by atoms with Crippen LogP contribution in [0.3, 0.4) is 0 Å². The molecule has 3 aromatic rings. The lowest BCUT2D eigenvalue weighted by molar-refractivity contribution is 0.102. The molecule has 3 rings (SSSR count). The maximum atomic E-state index is 12.6. The number of hydrogen-bond acceptors (Lipinski definition) is 1. The summed E-state index contributed by atoms with van der Waals surface area (Å²) >= 11 is 2.20. The molecular weight excluding hydrogens is 397 g/mol. The minimum atomic E-state index is -0.0854. The molecule has 0 unspecified atom stereocenters. The SMILES string of the molecule is Cc1ccc(C(=O)Nc2ccccc2-c2ccccc2)c(I)c1. The largest absolute Gasteiger partial charge is 0.321 e. The lowest BCUT2D eigenvalue weighted by atomic mass is 10.0. The number of rotatable bonds is 3. The van der Waals surface area contributed by atoms with Gasteiger partial charge in [-0.2, -0.15) is 0 Å². The second-order valence-corrected chi connectivity index (χ2v) is 6.51. The molecule has 0 aliphatic heterocycles. The molecule has 0 heterocycles. The molecule has 3 heteroatoms. The molecule has 0 aliphatic carbocycles. The van der Waals surface area contributed by atoms with E-state index in [-0.39, 0.29) is 5.91 Å². The van der Waals surface area contributed by atoms with E-state index in [1.807, 2.05) is 79.7 Å². The summed E-state index contributed by atoms with van der Waals surface area (Å²) in [5, 5.41) is 3.04. The molecule has 0 atom stereocenters. The summed E-state index contributed by atoms with van der Waals surface area (Å²) in [5.41, 5.74) is 4.76. The Labute approximate surface area is 149 Å². The average molecular weight is 413 g/mol. The highest BCUT2D eigenvalue weighted by atomic mass is 127. The van der Waals surface area contributed by atoms with E-state index in [2.05, 4.69) is 27.9 Å². The van der Waals surface area contributed by atoms with Crippen LogP contribution in [-0.2, 0) is 0 Å². The summed E-state index contributed by atoms with van der Waals surface area (Å²) < 4.78 is 0.956. The topological polar surface area (TPSA) is 29.1 Å². The third-order valence-corrected chi connectivity index (χ3v) is 4.52. The Morgan fingerprint density at radius 1 is 0.913 bits per heavy atom. The molecule has 0 spiro atoms. The smallest absolute Gasteiger partial charge is 0.256 e. The average Bonchev–Trinajstić information content (AvgIpc) is 2.56. The molecule has 1 N–H and O–H groups in total. The van der Waals surface area contributed by atoms with E-state index >= 15 is 0 Å². The Bertz CT molecular complexity index is 843. The van der Waals surface area contributed by atoms with Crippen molar-refractivity contribution in [1.82, 2.24) is 0 Å². The van der Waals surface area contributed by atoms with Gasteiger partial charge in [0.1, 0.15) is 0 Å². The number of halogens is 1. The van der Waals surface area contributed by atoms with Crippen molar-refractivity contribution in [1.29, 1.82) is 0 Å². The van der Waals surface area contributed by atoms with E-state index in [1.165, 1.54) is 0 Å². The van der Waals surface area contributed by atoms with Crippen LogP contribution < -0.4 is 5.32 Å². The third-order valence-electron chi connectivity index (χ3n) is 3.63. The molecule has 114 valence electrons. The predicted octanol–water partition coefficient (Wildman–Crippen LogP) is 5.52. The first-order chi connectivity index (χ1) is 11.1. The van der Waals surface area contributed by atoms with E-state index in [4.69, 9.17) is 0 Å². The van der Waals surface area contributed by atoms with Crippen LogP contribution in [0, 0.1) is 10.5 Å². The van der Waals surface area contributed by atoms with Gasteiger partial charge < -0.3 is 5.32 Å². The van der Waals surface area contributed by atoms with Crippen molar-refractivity contribution in [2.24, 2.45) is 0 Å². The number of amides is 1. The van der Waals surface area contributed by atoms with E-state index in [1.54, 1.807) is 0 Å². The first kappa shape index (κ1) is 15.7. The van der Waals surface area contributed by atoms with Crippen molar-refractivity contribution in [3.05, 3.63) is 87.5 Å². The fourth-order valence-electron chi connectivity index (χ4n) is 2.46. The standard InChI is InChI=1S/C20H16INO/c1-14-11-12-17(18(21)13-14)20(23)22-19-10-6-5-9-16(19)15-7-3-2-4-8-15/h2-13H,1H3,(H,22,23). The molecule has 3 aromatic carbocycles. The van der Waals surface area contributed by atoms with Crippen molar-refractivity contribution in [3.63, 3.8) is 0 Å². The fourth-order valence-corrected chi connectivity index (χ4v) is 3.37. The van der Waals surface area contributed by atoms with Gasteiger partial charge in [-0.1, -0.05) is 60.2 Å². The Balaban J connectivity index is 1.93. The molecule has 1 amide bonds. The van der Waals surface area contributed by atoms with Crippen LogP contribution in [0.15, 0.2) is 72.8 Å². The summed E-state index contributed by atoms with van der Waals surface area (Å²) in [6.07, 6.45) is 0. The predicted molar refractivity (Wildman–Crippen MR) is 104 cm³/mol. The lowest BCUT2D eigenvalue weighted by Crippen LogP contribution is -2.14. The van der Waals surface area contributed by atoms with E-state index in [0.29, 0.717) is 5.56 Å². The van der Waals surface area contributed by atoms with Crippen LogP contribution in [0.25, 0.3) is 11.1 Å². The third kappa shape index (κ3) is 3.62. The van der Waals surface area contributed by atoms with Gasteiger partial charge in [0.15, 0.2) is 0 Å². The molecule has 0 saturated heterocycles. The zero-order valence-corrected chi connectivity index (χ0v) is 14.9. The minimum Gasteiger partial charge on any atom is -0.321 e. The van der Waals surface area contributed by atoms with Crippen molar-refractivity contribution in [3.8, 4) is 11.1 Å². The lowest BCUT2D eigenvalue weighted by Gasteiger charge is -2.12. The number of carbonyl (C=O) groups is 1. The maximum absolute atomic E-state index is 12.6. The number of carbonyl (C=O) groups excluding carboxylic acids is 1. The zero-order valence-electron chi connectivity index (χ0n) is 12.7. The van der Waals surface area contributed by atoms with E-state index in [9.17, 15) is 4.79 Å². The highest BCUT2D eigenvalue weighted by Gasteiger charge is 2.12. The van der Waals surface area contributed by atoms with E-state index in [0.717, 1.165) is 25.9 Å². The number of hydrogen-bond donors (Lipinski definition) is 1. The van der Waals surface area contributed by atoms with E-state index < -0.39 is 0 Å². The van der Waals surface area contributed by atoms with Crippen LogP contribution >= 0.6 is 22.6 Å². The summed E-state index contributed by atoms with van der Waals surface area (Å²) in [6, 6.07) is 23.8. The molecule has 0 saturated carbocycles. The maximum Gasteiger partial charge on any atom is 0.256 e. The van der Waals surface area contributed by atoms with Crippen LogP contribution in [0.5, 0.6) is 0 Å². The molecular formula is C20H16INO. The Morgan fingerprint density at radius 2 is 1.61 bits per heavy atom. The molecule has 0 aliphatic rings. The number of anilines is 1. The molecule has 0 fully saturated rings. The van der Waals surface area contributed by atoms with Crippen molar-refractivity contribution in [2.45, 2.75) is 6.92 Å². The molecule has 2 nitrogen and oxygen atoms in total. The minimum absolute atomic E-state index is 0.0854. The summed E-state index contributed by atoms with van der Waals surface area (Å²) in [4.78, 5) is 12.6.